The standard InChI is InChI=1S/C36H29N3OS/c1-36(2)28-14-8-16-32(40)34(28)35-29(36)17-18-30(38-35)24-11-6-12-26(21-24)41-33-22-25(19-20-37-33)39(3)31-15-7-10-23-9-4-5-13-27(23)31/h4-22,40H,1-3H3. The SMILES string of the molecule is CN(c1ccnc(Sc2cccc(-c3ccc4c(n3)-c3c(O)cccc3C4(C)C)c2)c1)c1cccc2ccccc12. The molecule has 4 nitrogen and oxygen atoms in total. The van der Waals surface area contributed by atoms with Gasteiger partial charge in [-0.15, -0.1) is 0 Å². The Bertz CT molecular complexity index is 1940. The fourth-order valence-electron chi connectivity index (χ4n) is 5.91. The maximum Gasteiger partial charge on any atom is 0.125 e. The summed E-state index contributed by atoms with van der Waals surface area (Å²) in [6.07, 6.45) is 1.87. The predicted octanol–water partition coefficient (Wildman–Crippen LogP) is 9.23. The summed E-state index contributed by atoms with van der Waals surface area (Å²) in [5.74, 6) is 0.280. The average Bonchev–Trinajstić information content (AvgIpc) is 3.23. The second-order valence-electron chi connectivity index (χ2n) is 11.0. The van der Waals surface area contributed by atoms with Crippen molar-refractivity contribution in [2.75, 3.05) is 11.9 Å². The first-order valence-electron chi connectivity index (χ1n) is 13.7. The van der Waals surface area contributed by atoms with E-state index < -0.39 is 0 Å². The first kappa shape index (κ1) is 25.4. The first-order chi connectivity index (χ1) is 19.9. The molecule has 0 unspecified atom stereocenters. The summed E-state index contributed by atoms with van der Waals surface area (Å²) in [5.41, 5.74) is 7.91. The van der Waals surface area contributed by atoms with Crippen LogP contribution < -0.4 is 4.90 Å². The third kappa shape index (κ3) is 4.34. The summed E-state index contributed by atoms with van der Waals surface area (Å²) >= 11 is 1.64. The van der Waals surface area contributed by atoms with E-state index in [4.69, 9.17) is 4.98 Å². The molecule has 0 spiro atoms. The minimum absolute atomic E-state index is 0.206. The van der Waals surface area contributed by atoms with Gasteiger partial charge in [0.2, 0.25) is 0 Å². The Morgan fingerprint density at radius 3 is 2.49 bits per heavy atom. The number of hydrogen-bond donors (Lipinski definition) is 1. The molecule has 2 heterocycles. The Morgan fingerprint density at radius 2 is 1.59 bits per heavy atom. The minimum atomic E-state index is -0.206. The number of fused-ring (bicyclic) bond motifs is 4. The van der Waals surface area contributed by atoms with Gasteiger partial charge in [0.1, 0.15) is 10.8 Å². The summed E-state index contributed by atoms with van der Waals surface area (Å²) in [6, 6.07) is 37.5. The van der Waals surface area contributed by atoms with Gasteiger partial charge in [0.25, 0.3) is 0 Å². The third-order valence-corrected chi connectivity index (χ3v) is 9.03. The number of hydrogen-bond acceptors (Lipinski definition) is 5. The lowest BCUT2D eigenvalue weighted by atomic mass is 9.83. The molecule has 1 N–H and O–H groups in total. The Kier molecular flexibility index (Phi) is 6.06. The van der Waals surface area contributed by atoms with Gasteiger partial charge in [-0.2, -0.15) is 0 Å². The molecule has 0 aliphatic heterocycles. The zero-order valence-electron chi connectivity index (χ0n) is 23.2. The smallest absolute Gasteiger partial charge is 0.125 e. The van der Waals surface area contributed by atoms with E-state index >= 15 is 0 Å². The predicted molar refractivity (Wildman–Crippen MR) is 169 cm³/mol. The Hall–Kier alpha value is -4.61. The molecule has 2 aromatic heterocycles. The normalized spacial score (nSPS) is 13.1. The van der Waals surface area contributed by atoms with Crippen molar-refractivity contribution in [1.82, 2.24) is 9.97 Å². The van der Waals surface area contributed by atoms with Crippen LogP contribution in [0.25, 0.3) is 33.3 Å². The van der Waals surface area contributed by atoms with Crippen molar-refractivity contribution < 1.29 is 5.11 Å². The van der Waals surface area contributed by atoms with E-state index in [1.165, 1.54) is 10.8 Å². The molecule has 5 heteroatoms. The van der Waals surface area contributed by atoms with Crippen molar-refractivity contribution in [2.24, 2.45) is 0 Å². The zero-order chi connectivity index (χ0) is 28.1. The number of aromatic hydroxyl groups is 1. The minimum Gasteiger partial charge on any atom is -0.507 e. The van der Waals surface area contributed by atoms with Crippen LogP contribution in [0.3, 0.4) is 0 Å². The lowest BCUT2D eigenvalue weighted by Gasteiger charge is -2.22. The molecule has 200 valence electrons. The van der Waals surface area contributed by atoms with E-state index in [9.17, 15) is 5.11 Å². The van der Waals surface area contributed by atoms with Gasteiger partial charge < -0.3 is 10.0 Å². The fourth-order valence-corrected chi connectivity index (χ4v) is 6.78. The number of phenolic OH excluding ortho intramolecular Hbond substituents is 1. The summed E-state index contributed by atoms with van der Waals surface area (Å²) in [4.78, 5) is 13.0. The topological polar surface area (TPSA) is 49.2 Å². The van der Waals surface area contributed by atoms with Gasteiger partial charge in [-0.05, 0) is 59.0 Å². The van der Waals surface area contributed by atoms with Crippen molar-refractivity contribution in [2.45, 2.75) is 29.2 Å². The summed E-state index contributed by atoms with van der Waals surface area (Å²) < 4.78 is 0. The monoisotopic (exact) mass is 551 g/mol. The average molecular weight is 552 g/mol. The number of rotatable bonds is 5. The summed E-state index contributed by atoms with van der Waals surface area (Å²) in [5, 5.41) is 14.1. The van der Waals surface area contributed by atoms with Crippen LogP contribution in [0.2, 0.25) is 0 Å². The molecule has 1 aliphatic carbocycles. The molecule has 0 radical (unpaired) electrons. The van der Waals surface area contributed by atoms with Gasteiger partial charge in [0.15, 0.2) is 0 Å². The van der Waals surface area contributed by atoms with Crippen LogP contribution in [-0.4, -0.2) is 22.1 Å². The van der Waals surface area contributed by atoms with Crippen LogP contribution >= 0.6 is 11.8 Å². The van der Waals surface area contributed by atoms with Gasteiger partial charge in [-0.25, -0.2) is 9.97 Å². The second kappa shape index (κ2) is 9.79. The van der Waals surface area contributed by atoms with Gasteiger partial charge in [-0.3, -0.25) is 0 Å². The Balaban J connectivity index is 1.19. The van der Waals surface area contributed by atoms with Gasteiger partial charge in [-0.1, -0.05) is 92.3 Å². The zero-order valence-corrected chi connectivity index (χ0v) is 24.0. The molecule has 7 rings (SSSR count). The van der Waals surface area contributed by atoms with Crippen LogP contribution in [0.15, 0.2) is 125 Å². The molecule has 0 fully saturated rings. The highest BCUT2D eigenvalue weighted by Gasteiger charge is 2.38. The van der Waals surface area contributed by atoms with Crippen molar-refractivity contribution >= 4 is 33.9 Å². The molecule has 41 heavy (non-hydrogen) atoms. The maximum absolute atomic E-state index is 10.7. The molecule has 0 amide bonds. The molecule has 0 atom stereocenters. The second-order valence-corrected chi connectivity index (χ2v) is 12.1. The number of anilines is 2. The Labute approximate surface area is 244 Å². The molecule has 4 aromatic carbocycles. The largest absolute Gasteiger partial charge is 0.507 e. The lowest BCUT2D eigenvalue weighted by molar-refractivity contribution is 0.476. The fraction of sp³-hybridized carbons (Fsp3) is 0.111. The lowest BCUT2D eigenvalue weighted by Crippen LogP contribution is -2.14. The molecule has 6 aromatic rings. The van der Waals surface area contributed by atoms with Crippen LogP contribution in [0, 0.1) is 0 Å². The van der Waals surface area contributed by atoms with Crippen molar-refractivity contribution in [3.8, 4) is 28.3 Å². The summed E-state index contributed by atoms with van der Waals surface area (Å²) in [6.45, 7) is 4.38. The number of aromatic nitrogens is 2. The molecule has 0 bridgehead atoms. The third-order valence-electron chi connectivity index (χ3n) is 8.11. The van der Waals surface area contributed by atoms with E-state index in [1.54, 1.807) is 17.8 Å². The van der Waals surface area contributed by atoms with Crippen LogP contribution in [-0.2, 0) is 5.41 Å². The molecule has 0 saturated carbocycles. The molecule has 1 aliphatic rings. The van der Waals surface area contributed by atoms with E-state index in [-0.39, 0.29) is 11.2 Å². The van der Waals surface area contributed by atoms with Gasteiger partial charge in [0.05, 0.1) is 11.4 Å². The maximum atomic E-state index is 10.7. The number of nitrogens with zero attached hydrogens (tertiary/aromatic N) is 3. The van der Waals surface area contributed by atoms with E-state index in [0.29, 0.717) is 0 Å². The van der Waals surface area contributed by atoms with E-state index in [0.717, 1.165) is 54.9 Å². The first-order valence-corrected chi connectivity index (χ1v) is 14.5. The van der Waals surface area contributed by atoms with Gasteiger partial charge in [0, 0.05) is 51.4 Å². The highest BCUT2D eigenvalue weighted by Crippen LogP contribution is 2.51. The van der Waals surface area contributed by atoms with Crippen LogP contribution in [0.5, 0.6) is 5.75 Å². The highest BCUT2D eigenvalue weighted by molar-refractivity contribution is 7.99. The van der Waals surface area contributed by atoms with Crippen LogP contribution in [0.4, 0.5) is 11.4 Å². The number of pyridine rings is 2. The van der Waals surface area contributed by atoms with Crippen molar-refractivity contribution in [1.29, 1.82) is 0 Å². The molecular weight excluding hydrogens is 522 g/mol. The van der Waals surface area contributed by atoms with Crippen LogP contribution in [0.1, 0.15) is 25.0 Å². The van der Waals surface area contributed by atoms with Gasteiger partial charge >= 0.3 is 0 Å². The number of phenols is 1. The van der Waals surface area contributed by atoms with E-state index in [1.807, 2.05) is 18.3 Å². The highest BCUT2D eigenvalue weighted by atomic mass is 32.2. The van der Waals surface area contributed by atoms with E-state index in [2.05, 4.69) is 122 Å². The van der Waals surface area contributed by atoms with Crippen molar-refractivity contribution in [3.63, 3.8) is 0 Å². The summed E-state index contributed by atoms with van der Waals surface area (Å²) in [7, 11) is 2.10. The quantitative estimate of drug-likeness (QED) is 0.231. The molecular formula is C36H29N3OS. The number of benzene rings is 4. The van der Waals surface area contributed by atoms with Crippen molar-refractivity contribution in [3.05, 3.63) is 127 Å². The molecule has 0 saturated heterocycles. The Morgan fingerprint density at radius 1 is 0.780 bits per heavy atom.